The third-order valence-electron chi connectivity index (χ3n) is 6.45. The number of H-pyrrole nitrogens is 1. The summed E-state index contributed by atoms with van der Waals surface area (Å²) in [5.41, 5.74) is 2.71. The number of pyridine rings is 1. The lowest BCUT2D eigenvalue weighted by atomic mass is 9.87. The van der Waals surface area contributed by atoms with Gasteiger partial charge < -0.3 is 15.6 Å². The number of fused-ring (bicyclic) bond motifs is 2. The average Bonchev–Trinajstić information content (AvgIpc) is 3.31. The number of benzene rings is 1. The highest BCUT2D eigenvalue weighted by Gasteiger charge is 2.58. The molecule has 0 saturated heterocycles. The minimum Gasteiger partial charge on any atom is -0.356 e. The van der Waals surface area contributed by atoms with Crippen molar-refractivity contribution < 1.29 is 14.0 Å². The zero-order valence-corrected chi connectivity index (χ0v) is 18.3. The number of amides is 1. The van der Waals surface area contributed by atoms with Crippen LogP contribution in [0.15, 0.2) is 48.7 Å². The predicted molar refractivity (Wildman–Crippen MR) is 122 cm³/mol. The van der Waals surface area contributed by atoms with E-state index in [0.717, 1.165) is 41.2 Å². The zero-order valence-electron chi connectivity index (χ0n) is 18.3. The maximum Gasteiger partial charge on any atom is 0.262 e. The number of aromatic nitrogens is 2. The smallest absolute Gasteiger partial charge is 0.262 e. The molecule has 32 heavy (non-hydrogen) atoms. The van der Waals surface area contributed by atoms with Gasteiger partial charge in [0.1, 0.15) is 5.82 Å². The van der Waals surface area contributed by atoms with E-state index in [4.69, 9.17) is 0 Å². The third-order valence-corrected chi connectivity index (χ3v) is 6.45. The van der Waals surface area contributed by atoms with E-state index in [0.29, 0.717) is 5.56 Å². The van der Waals surface area contributed by atoms with Gasteiger partial charge in [-0.25, -0.2) is 9.37 Å². The van der Waals surface area contributed by atoms with E-state index in [1.807, 2.05) is 30.3 Å². The second-order valence-corrected chi connectivity index (χ2v) is 9.53. The number of aromatic amines is 1. The molecule has 3 aromatic rings. The molecule has 6 nitrogen and oxygen atoms in total. The molecule has 3 N–H and O–H groups in total. The first-order chi connectivity index (χ1) is 15.2. The molecule has 0 spiro atoms. The molecule has 0 radical (unpaired) electrons. The van der Waals surface area contributed by atoms with Crippen LogP contribution in [0.2, 0.25) is 0 Å². The van der Waals surface area contributed by atoms with E-state index in [-0.39, 0.29) is 22.9 Å². The van der Waals surface area contributed by atoms with E-state index in [1.165, 1.54) is 13.8 Å². The lowest BCUT2D eigenvalue weighted by Crippen LogP contribution is -2.32. The fourth-order valence-electron chi connectivity index (χ4n) is 4.47. The van der Waals surface area contributed by atoms with E-state index in [2.05, 4.69) is 27.5 Å². The molecule has 5 rings (SSSR count). The standard InChI is InChI=1S/C25H25FN4O2/c1-24(2,26)23(32)30-18-11-14(9-10-27-18)20-21(28-15-7-5-4-6-8-15)19-17(29-20)13-25(3)12-16(25)22(19)31/h4-11,16,28-29H,12-13H2,1-3H3,(H,27,30,32)/t16?,25-/m0/s1. The molecule has 1 unspecified atom stereocenters. The average molecular weight is 432 g/mol. The Bertz CT molecular complexity index is 1230. The Morgan fingerprint density at radius 3 is 2.72 bits per heavy atom. The van der Waals surface area contributed by atoms with Gasteiger partial charge in [-0.15, -0.1) is 0 Å². The molecule has 2 aliphatic carbocycles. The Morgan fingerprint density at radius 1 is 1.25 bits per heavy atom. The van der Waals surface area contributed by atoms with E-state index >= 15 is 0 Å². The van der Waals surface area contributed by atoms with Crippen LogP contribution in [-0.2, 0) is 11.2 Å². The quantitative estimate of drug-likeness (QED) is 0.512. The SMILES string of the molecule is CC(C)(F)C(=O)Nc1cc(-c2[nH]c3c(c2Nc2ccccc2)C(=O)C2C[C@@]2(C)C3)ccn1. The van der Waals surface area contributed by atoms with Gasteiger partial charge in [-0.1, -0.05) is 25.1 Å². The zero-order chi connectivity index (χ0) is 22.7. The van der Waals surface area contributed by atoms with Gasteiger partial charge in [-0.05, 0) is 56.4 Å². The summed E-state index contributed by atoms with van der Waals surface area (Å²) in [6.07, 6.45) is 3.29. The van der Waals surface area contributed by atoms with Gasteiger partial charge in [0, 0.05) is 29.1 Å². The summed E-state index contributed by atoms with van der Waals surface area (Å²) >= 11 is 0. The maximum atomic E-state index is 14.0. The molecule has 1 fully saturated rings. The number of carbonyl (C=O) groups is 2. The molecule has 2 aliphatic rings. The van der Waals surface area contributed by atoms with E-state index in [9.17, 15) is 14.0 Å². The summed E-state index contributed by atoms with van der Waals surface area (Å²) in [7, 11) is 0. The monoisotopic (exact) mass is 432 g/mol. The highest BCUT2D eigenvalue weighted by molar-refractivity contribution is 6.10. The maximum absolute atomic E-state index is 14.0. The Labute approximate surface area is 185 Å². The number of Topliss-reactive ketones (excluding diaryl/α,β-unsaturated/α-hetero) is 1. The van der Waals surface area contributed by atoms with Crippen LogP contribution in [0.25, 0.3) is 11.3 Å². The van der Waals surface area contributed by atoms with E-state index < -0.39 is 11.6 Å². The van der Waals surface area contributed by atoms with Crippen molar-refractivity contribution >= 4 is 28.9 Å². The summed E-state index contributed by atoms with van der Waals surface area (Å²) in [4.78, 5) is 33.0. The number of carbonyl (C=O) groups excluding carboxylic acids is 2. The minimum atomic E-state index is -2.02. The van der Waals surface area contributed by atoms with Crippen LogP contribution in [0.5, 0.6) is 0 Å². The topological polar surface area (TPSA) is 86.9 Å². The van der Waals surface area contributed by atoms with Crippen molar-refractivity contribution in [2.75, 3.05) is 10.6 Å². The molecule has 2 aromatic heterocycles. The molecule has 1 amide bonds. The number of hydrogen-bond donors (Lipinski definition) is 3. The lowest BCUT2D eigenvalue weighted by molar-refractivity contribution is -0.125. The van der Waals surface area contributed by atoms with Crippen molar-refractivity contribution in [3.63, 3.8) is 0 Å². The highest BCUT2D eigenvalue weighted by Crippen LogP contribution is 2.60. The Morgan fingerprint density at radius 2 is 2.00 bits per heavy atom. The molecule has 7 heteroatoms. The normalized spacial score (nSPS) is 21.5. The molecule has 2 heterocycles. The van der Waals surface area contributed by atoms with Crippen LogP contribution in [0.4, 0.5) is 21.6 Å². The van der Waals surface area contributed by atoms with E-state index in [1.54, 1.807) is 18.3 Å². The van der Waals surface area contributed by atoms with Gasteiger partial charge in [0.25, 0.3) is 5.91 Å². The first-order valence-electron chi connectivity index (χ1n) is 10.7. The predicted octanol–water partition coefficient (Wildman–Crippen LogP) is 5.27. The molecule has 0 bridgehead atoms. The number of hydrogen-bond acceptors (Lipinski definition) is 4. The largest absolute Gasteiger partial charge is 0.356 e. The van der Waals surface area contributed by atoms with Gasteiger partial charge in [-0.3, -0.25) is 9.59 Å². The molecule has 0 aliphatic heterocycles. The Hall–Kier alpha value is -3.48. The summed E-state index contributed by atoms with van der Waals surface area (Å²) in [6, 6.07) is 13.2. The summed E-state index contributed by atoms with van der Waals surface area (Å²) in [6.45, 7) is 4.55. The Kier molecular flexibility index (Phi) is 4.48. The number of nitrogens with zero attached hydrogens (tertiary/aromatic N) is 1. The summed E-state index contributed by atoms with van der Waals surface area (Å²) in [5.74, 6) is -0.290. The number of rotatable bonds is 5. The molecular weight excluding hydrogens is 407 g/mol. The van der Waals surface area contributed by atoms with Crippen LogP contribution in [-0.4, -0.2) is 27.3 Å². The van der Waals surface area contributed by atoms with Crippen LogP contribution in [0.3, 0.4) is 0 Å². The highest BCUT2D eigenvalue weighted by atomic mass is 19.1. The van der Waals surface area contributed by atoms with Gasteiger partial charge in [0.2, 0.25) is 0 Å². The van der Waals surface area contributed by atoms with Crippen LogP contribution < -0.4 is 10.6 Å². The fourth-order valence-corrected chi connectivity index (χ4v) is 4.47. The molecule has 2 atom stereocenters. The third kappa shape index (κ3) is 3.47. The number of alkyl halides is 1. The van der Waals surface area contributed by atoms with Crippen molar-refractivity contribution in [1.29, 1.82) is 0 Å². The van der Waals surface area contributed by atoms with Crippen LogP contribution >= 0.6 is 0 Å². The molecule has 164 valence electrons. The first-order valence-corrected chi connectivity index (χ1v) is 10.7. The van der Waals surface area contributed by atoms with Crippen LogP contribution in [0, 0.1) is 11.3 Å². The fraction of sp³-hybridized carbons (Fsp3) is 0.320. The number of nitrogens with one attached hydrogen (secondary N) is 3. The van der Waals surface area contributed by atoms with Crippen molar-refractivity contribution in [3.8, 4) is 11.3 Å². The van der Waals surface area contributed by atoms with Crippen molar-refractivity contribution in [3.05, 3.63) is 59.9 Å². The van der Waals surface area contributed by atoms with Crippen molar-refractivity contribution in [2.24, 2.45) is 11.3 Å². The number of ketones is 1. The van der Waals surface area contributed by atoms with Gasteiger partial charge in [-0.2, -0.15) is 0 Å². The number of halogens is 1. The summed E-state index contributed by atoms with van der Waals surface area (Å²) in [5, 5.41) is 5.95. The van der Waals surface area contributed by atoms with Crippen molar-refractivity contribution in [2.45, 2.75) is 39.3 Å². The summed E-state index contributed by atoms with van der Waals surface area (Å²) < 4.78 is 14.0. The van der Waals surface area contributed by atoms with Crippen molar-refractivity contribution in [1.82, 2.24) is 9.97 Å². The second-order valence-electron chi connectivity index (χ2n) is 9.53. The van der Waals surface area contributed by atoms with Gasteiger partial charge in [0.05, 0.1) is 16.9 Å². The molecular formula is C25H25FN4O2. The van der Waals surface area contributed by atoms with Gasteiger partial charge >= 0.3 is 0 Å². The molecule has 1 saturated carbocycles. The lowest BCUT2D eigenvalue weighted by Gasteiger charge is -2.18. The molecule has 1 aromatic carbocycles. The number of anilines is 3. The second kappa shape index (κ2) is 7.02. The first kappa shape index (κ1) is 20.4. The Balaban J connectivity index is 1.58. The number of para-hydroxylation sites is 1. The van der Waals surface area contributed by atoms with Crippen LogP contribution in [0.1, 0.15) is 43.2 Å². The minimum absolute atomic E-state index is 0.0281. The van der Waals surface area contributed by atoms with Gasteiger partial charge in [0.15, 0.2) is 11.5 Å².